The van der Waals surface area contributed by atoms with Gasteiger partial charge in [-0.05, 0) is 36.4 Å². The van der Waals surface area contributed by atoms with Gasteiger partial charge < -0.3 is 24.4 Å². The fourth-order valence-corrected chi connectivity index (χ4v) is 4.73. The average Bonchev–Trinajstić information content (AvgIpc) is 3.22. The van der Waals surface area contributed by atoms with Crippen molar-refractivity contribution < 1.29 is 19.0 Å². The predicted octanol–water partition coefficient (Wildman–Crippen LogP) is 5.08. The molecule has 0 bridgehead atoms. The van der Waals surface area contributed by atoms with E-state index in [4.69, 9.17) is 30.8 Å². The molecule has 9 heteroatoms. The Kier molecular flexibility index (Phi) is 6.20. The lowest BCUT2D eigenvalue weighted by molar-refractivity contribution is 0.206. The van der Waals surface area contributed by atoms with Gasteiger partial charge in [-0.15, -0.1) is 11.3 Å². The molecular formula is C22H22ClN3O4S. The number of methoxy groups -OCH3 is 3. The van der Waals surface area contributed by atoms with Gasteiger partial charge in [-0.3, -0.25) is 0 Å². The molecule has 0 fully saturated rings. The van der Waals surface area contributed by atoms with Crippen molar-refractivity contribution in [3.05, 3.63) is 52.0 Å². The molecule has 2 amide bonds. The summed E-state index contributed by atoms with van der Waals surface area (Å²) < 4.78 is 16.0. The highest BCUT2D eigenvalue weighted by Gasteiger charge is 2.25. The van der Waals surface area contributed by atoms with E-state index in [0.29, 0.717) is 47.5 Å². The number of carbonyl (C=O) groups is 1. The Morgan fingerprint density at radius 1 is 1.06 bits per heavy atom. The highest BCUT2D eigenvalue weighted by Crippen LogP contribution is 2.37. The van der Waals surface area contributed by atoms with Crippen LogP contribution in [0, 0.1) is 0 Å². The zero-order valence-electron chi connectivity index (χ0n) is 17.4. The second kappa shape index (κ2) is 9.03. The summed E-state index contributed by atoms with van der Waals surface area (Å²) in [6.45, 7) is 1.08. The third kappa shape index (κ3) is 4.40. The molecule has 0 radical (unpaired) electrons. The summed E-state index contributed by atoms with van der Waals surface area (Å²) in [5.74, 6) is 1.89. The van der Waals surface area contributed by atoms with Gasteiger partial charge in [0.05, 0.1) is 39.3 Å². The maximum absolute atomic E-state index is 12.9. The van der Waals surface area contributed by atoms with E-state index in [1.54, 1.807) is 55.8 Å². The molecule has 4 rings (SSSR count). The SMILES string of the molecule is COc1ccc(Cl)cc1NC(=O)N1CCc2nc(-c3ccc(OC)c(OC)c3)sc2C1. The molecule has 1 aromatic heterocycles. The van der Waals surface area contributed by atoms with Crippen molar-refractivity contribution in [1.29, 1.82) is 0 Å². The van der Waals surface area contributed by atoms with Gasteiger partial charge >= 0.3 is 6.03 Å². The van der Waals surface area contributed by atoms with Crippen LogP contribution in [0.15, 0.2) is 36.4 Å². The maximum atomic E-state index is 12.9. The highest BCUT2D eigenvalue weighted by atomic mass is 35.5. The molecule has 31 heavy (non-hydrogen) atoms. The first kappa shape index (κ1) is 21.3. The van der Waals surface area contributed by atoms with Gasteiger partial charge in [0.1, 0.15) is 10.8 Å². The monoisotopic (exact) mass is 459 g/mol. The third-order valence-electron chi connectivity index (χ3n) is 5.05. The van der Waals surface area contributed by atoms with Gasteiger partial charge in [0.25, 0.3) is 0 Å². The molecule has 1 N–H and O–H groups in total. The quantitative estimate of drug-likeness (QED) is 0.576. The maximum Gasteiger partial charge on any atom is 0.322 e. The molecular weight excluding hydrogens is 438 g/mol. The third-order valence-corrected chi connectivity index (χ3v) is 6.42. The number of amides is 2. The molecule has 3 aromatic rings. The Bertz CT molecular complexity index is 1120. The minimum atomic E-state index is -0.202. The van der Waals surface area contributed by atoms with Gasteiger partial charge in [0.2, 0.25) is 0 Å². The number of hydrogen-bond acceptors (Lipinski definition) is 6. The molecule has 0 atom stereocenters. The van der Waals surface area contributed by atoms with Gasteiger partial charge in [-0.25, -0.2) is 9.78 Å². The van der Waals surface area contributed by atoms with Crippen molar-refractivity contribution in [3.8, 4) is 27.8 Å². The number of anilines is 1. The highest BCUT2D eigenvalue weighted by molar-refractivity contribution is 7.15. The van der Waals surface area contributed by atoms with Crippen molar-refractivity contribution >= 4 is 34.7 Å². The van der Waals surface area contributed by atoms with Crippen molar-refractivity contribution in [2.75, 3.05) is 33.2 Å². The van der Waals surface area contributed by atoms with Crippen LogP contribution in [0.5, 0.6) is 17.2 Å². The minimum absolute atomic E-state index is 0.202. The summed E-state index contributed by atoms with van der Waals surface area (Å²) in [6, 6.07) is 10.7. The summed E-state index contributed by atoms with van der Waals surface area (Å²) in [7, 11) is 4.78. The first-order chi connectivity index (χ1) is 15.0. The average molecular weight is 460 g/mol. The molecule has 2 heterocycles. The lowest BCUT2D eigenvalue weighted by Gasteiger charge is -2.26. The number of nitrogens with one attached hydrogen (secondary N) is 1. The molecule has 0 unspecified atom stereocenters. The normalized spacial score (nSPS) is 12.8. The number of hydrogen-bond donors (Lipinski definition) is 1. The Balaban J connectivity index is 1.52. The van der Waals surface area contributed by atoms with Gasteiger partial charge in [0.15, 0.2) is 11.5 Å². The van der Waals surface area contributed by atoms with Crippen LogP contribution in [-0.4, -0.2) is 43.8 Å². The summed E-state index contributed by atoms with van der Waals surface area (Å²) in [4.78, 5) is 20.5. The van der Waals surface area contributed by atoms with Crippen molar-refractivity contribution in [2.45, 2.75) is 13.0 Å². The molecule has 1 aliphatic heterocycles. The lowest BCUT2D eigenvalue weighted by Crippen LogP contribution is -2.38. The molecule has 2 aromatic carbocycles. The van der Waals surface area contributed by atoms with Crippen LogP contribution in [0.3, 0.4) is 0 Å². The Hall–Kier alpha value is -2.97. The second-order valence-corrected chi connectivity index (χ2v) is 8.43. The Labute approximate surface area is 189 Å². The van der Waals surface area contributed by atoms with E-state index in [-0.39, 0.29) is 6.03 Å². The zero-order chi connectivity index (χ0) is 22.0. The molecule has 1 aliphatic rings. The van der Waals surface area contributed by atoms with Gasteiger partial charge in [0, 0.05) is 28.4 Å². The summed E-state index contributed by atoms with van der Waals surface area (Å²) in [6.07, 6.45) is 0.694. The van der Waals surface area contributed by atoms with Crippen LogP contribution in [0.25, 0.3) is 10.6 Å². The number of fused-ring (bicyclic) bond motifs is 1. The second-order valence-electron chi connectivity index (χ2n) is 6.90. The topological polar surface area (TPSA) is 72.9 Å². The molecule has 0 spiro atoms. The van der Waals surface area contributed by atoms with Crippen LogP contribution in [0.4, 0.5) is 10.5 Å². The number of rotatable bonds is 5. The number of halogens is 1. The number of urea groups is 1. The molecule has 0 saturated heterocycles. The van der Waals surface area contributed by atoms with E-state index >= 15 is 0 Å². The Morgan fingerprint density at radius 2 is 1.81 bits per heavy atom. The summed E-state index contributed by atoms with van der Waals surface area (Å²) in [5, 5.41) is 4.32. The van der Waals surface area contributed by atoms with Crippen molar-refractivity contribution in [3.63, 3.8) is 0 Å². The molecule has 7 nitrogen and oxygen atoms in total. The molecule has 162 valence electrons. The zero-order valence-corrected chi connectivity index (χ0v) is 19.0. The number of aromatic nitrogens is 1. The number of benzene rings is 2. The van der Waals surface area contributed by atoms with Crippen molar-refractivity contribution in [2.24, 2.45) is 0 Å². The summed E-state index contributed by atoms with van der Waals surface area (Å²) in [5.41, 5.74) is 2.53. The van der Waals surface area contributed by atoms with Crippen LogP contribution < -0.4 is 19.5 Å². The molecule has 0 aliphatic carbocycles. The van der Waals surface area contributed by atoms with Crippen molar-refractivity contribution in [1.82, 2.24) is 9.88 Å². The summed E-state index contributed by atoms with van der Waals surface area (Å²) >= 11 is 7.65. The smallest absolute Gasteiger partial charge is 0.322 e. The predicted molar refractivity (Wildman–Crippen MR) is 122 cm³/mol. The van der Waals surface area contributed by atoms with Gasteiger partial charge in [-0.1, -0.05) is 11.6 Å². The molecule has 0 saturated carbocycles. The Morgan fingerprint density at radius 3 is 2.55 bits per heavy atom. The number of carbonyl (C=O) groups excluding carboxylic acids is 1. The fraction of sp³-hybridized carbons (Fsp3) is 0.273. The lowest BCUT2D eigenvalue weighted by atomic mass is 10.1. The minimum Gasteiger partial charge on any atom is -0.495 e. The van der Waals surface area contributed by atoms with E-state index in [1.165, 1.54) is 0 Å². The van der Waals surface area contributed by atoms with Crippen LogP contribution >= 0.6 is 22.9 Å². The fourth-order valence-electron chi connectivity index (χ4n) is 3.43. The largest absolute Gasteiger partial charge is 0.495 e. The first-order valence-electron chi connectivity index (χ1n) is 9.62. The standard InChI is InChI=1S/C22H22ClN3O4S/c1-28-17-7-5-14(23)11-16(17)25-22(27)26-9-8-15-20(12-26)31-21(24-15)13-4-6-18(29-2)19(10-13)30-3/h4-7,10-11H,8-9,12H2,1-3H3,(H,25,27). The van der Waals surface area contributed by atoms with E-state index in [2.05, 4.69) is 5.32 Å². The number of ether oxygens (including phenoxy) is 3. The van der Waals surface area contributed by atoms with Crippen LogP contribution in [-0.2, 0) is 13.0 Å². The van der Waals surface area contributed by atoms with E-state index in [0.717, 1.165) is 21.1 Å². The van der Waals surface area contributed by atoms with E-state index in [9.17, 15) is 4.79 Å². The van der Waals surface area contributed by atoms with E-state index < -0.39 is 0 Å². The number of thiazole rings is 1. The van der Waals surface area contributed by atoms with E-state index in [1.807, 2.05) is 18.2 Å². The van der Waals surface area contributed by atoms with Crippen LogP contribution in [0.2, 0.25) is 5.02 Å². The number of nitrogens with zero attached hydrogens (tertiary/aromatic N) is 2. The first-order valence-corrected chi connectivity index (χ1v) is 10.8. The van der Waals surface area contributed by atoms with Crippen LogP contribution in [0.1, 0.15) is 10.6 Å². The van der Waals surface area contributed by atoms with Gasteiger partial charge in [-0.2, -0.15) is 0 Å².